The van der Waals surface area contributed by atoms with Crippen molar-refractivity contribution in [2.75, 3.05) is 7.11 Å². The quantitative estimate of drug-likeness (QED) is 0.254. The van der Waals surface area contributed by atoms with Crippen LogP contribution in [0.5, 0.6) is 0 Å². The van der Waals surface area contributed by atoms with Crippen LogP contribution in [0.2, 0.25) is 0 Å². The van der Waals surface area contributed by atoms with Crippen LogP contribution in [-0.4, -0.2) is 24.3 Å². The van der Waals surface area contributed by atoms with E-state index in [0.29, 0.717) is 17.0 Å². The maximum atomic E-state index is 13.9. The minimum Gasteiger partial charge on any atom is -0.361 e. The largest absolute Gasteiger partial charge is 0.361 e. The van der Waals surface area contributed by atoms with E-state index in [0.717, 1.165) is 19.3 Å². The van der Waals surface area contributed by atoms with Gasteiger partial charge >= 0.3 is 0 Å². The van der Waals surface area contributed by atoms with Crippen molar-refractivity contribution in [3.8, 4) is 0 Å². The fourth-order valence-corrected chi connectivity index (χ4v) is 4.55. The monoisotopic (exact) mass is 422 g/mol. The zero-order valence-corrected chi connectivity index (χ0v) is 19.8. The third kappa shape index (κ3) is 5.51. The maximum Gasteiger partial charge on any atom is 0.203 e. The van der Waals surface area contributed by atoms with Crippen LogP contribution in [0.4, 0.5) is 0 Å². The number of carbonyl (C=O) groups excluding carboxylic acids is 2. The lowest BCUT2D eigenvalue weighted by Crippen LogP contribution is -2.59. The van der Waals surface area contributed by atoms with E-state index in [9.17, 15) is 9.59 Å². The lowest BCUT2D eigenvalue weighted by atomic mass is 9.64. The standard InChI is InChI=1S/C28H38O3/c1-6-8-15-22(7-2)20-21-27(3,4)28(31-5,25(29)23-16-11-9-12-17-23)26(30)24-18-13-10-14-19-24/h9-14,16-19,22H,6-8,15,20-21H2,1-5H3. The highest BCUT2D eigenvalue weighted by Crippen LogP contribution is 2.44. The highest BCUT2D eigenvalue weighted by molar-refractivity contribution is 6.23. The number of hydrogen-bond acceptors (Lipinski definition) is 3. The van der Waals surface area contributed by atoms with E-state index in [2.05, 4.69) is 13.8 Å². The number of carbonyl (C=O) groups is 2. The Morgan fingerprint density at radius 1 is 0.839 bits per heavy atom. The summed E-state index contributed by atoms with van der Waals surface area (Å²) in [4.78, 5) is 27.8. The molecule has 0 aliphatic carbocycles. The predicted octanol–water partition coefficient (Wildman–Crippen LogP) is 7.16. The van der Waals surface area contributed by atoms with Crippen LogP contribution >= 0.6 is 0 Å². The smallest absolute Gasteiger partial charge is 0.203 e. The number of ketones is 2. The Bertz CT molecular complexity index is 772. The molecule has 0 heterocycles. The SMILES string of the molecule is CCCCC(CC)CCC(C)(C)C(OC)(C(=O)c1ccccc1)C(=O)c1ccccc1. The van der Waals surface area contributed by atoms with Gasteiger partial charge in [-0.1, -0.05) is 114 Å². The van der Waals surface area contributed by atoms with Crippen LogP contribution in [0.3, 0.4) is 0 Å². The molecule has 0 fully saturated rings. The lowest BCUT2D eigenvalue weighted by Gasteiger charge is -2.44. The van der Waals surface area contributed by atoms with Crippen LogP contribution in [0.1, 0.15) is 86.9 Å². The van der Waals surface area contributed by atoms with Gasteiger partial charge in [-0.15, -0.1) is 0 Å². The average molecular weight is 423 g/mol. The highest BCUT2D eigenvalue weighted by Gasteiger charge is 2.57. The summed E-state index contributed by atoms with van der Waals surface area (Å²) >= 11 is 0. The first kappa shape index (κ1) is 25.0. The summed E-state index contributed by atoms with van der Waals surface area (Å²) in [5, 5.41) is 0. The fraction of sp³-hybridized carbons (Fsp3) is 0.500. The summed E-state index contributed by atoms with van der Waals surface area (Å²) in [6.45, 7) is 8.44. The second-order valence-electron chi connectivity index (χ2n) is 9.11. The van der Waals surface area contributed by atoms with Gasteiger partial charge in [0.15, 0.2) is 5.60 Å². The van der Waals surface area contributed by atoms with Crippen molar-refractivity contribution in [1.29, 1.82) is 0 Å². The second kappa shape index (κ2) is 11.4. The molecule has 0 amide bonds. The molecule has 0 aliphatic rings. The molecule has 0 bridgehead atoms. The van der Waals surface area contributed by atoms with E-state index in [4.69, 9.17) is 4.74 Å². The highest BCUT2D eigenvalue weighted by atomic mass is 16.5. The normalized spacial score (nSPS) is 13.1. The van der Waals surface area contributed by atoms with Crippen LogP contribution in [0.15, 0.2) is 60.7 Å². The number of hydrogen-bond donors (Lipinski definition) is 0. The van der Waals surface area contributed by atoms with Crippen molar-refractivity contribution >= 4 is 11.6 Å². The van der Waals surface area contributed by atoms with Crippen LogP contribution in [0, 0.1) is 11.3 Å². The molecule has 3 nitrogen and oxygen atoms in total. The zero-order valence-electron chi connectivity index (χ0n) is 19.8. The molecule has 31 heavy (non-hydrogen) atoms. The molecule has 0 N–H and O–H groups in total. The lowest BCUT2D eigenvalue weighted by molar-refractivity contribution is -0.0529. The maximum absolute atomic E-state index is 13.9. The van der Waals surface area contributed by atoms with Crippen molar-refractivity contribution in [3.05, 3.63) is 71.8 Å². The van der Waals surface area contributed by atoms with Gasteiger partial charge in [0.2, 0.25) is 11.6 Å². The van der Waals surface area contributed by atoms with Gasteiger partial charge in [-0.2, -0.15) is 0 Å². The average Bonchev–Trinajstić information content (AvgIpc) is 2.80. The molecule has 2 rings (SSSR count). The summed E-state index contributed by atoms with van der Waals surface area (Å²) in [5.74, 6) is 0.0551. The van der Waals surface area contributed by atoms with Gasteiger partial charge in [-0.25, -0.2) is 0 Å². The van der Waals surface area contributed by atoms with Crippen molar-refractivity contribution in [1.82, 2.24) is 0 Å². The van der Waals surface area contributed by atoms with Crippen LogP contribution in [0.25, 0.3) is 0 Å². The minimum absolute atomic E-state index is 0.268. The van der Waals surface area contributed by atoms with Crippen LogP contribution in [-0.2, 0) is 4.74 Å². The number of rotatable bonds is 13. The Morgan fingerprint density at radius 2 is 1.32 bits per heavy atom. The molecule has 0 aliphatic heterocycles. The van der Waals surface area contributed by atoms with Crippen molar-refractivity contribution in [2.45, 2.75) is 71.8 Å². The summed E-state index contributed by atoms with van der Waals surface area (Å²) in [5.41, 5.74) is -1.26. The molecule has 0 saturated carbocycles. The molecule has 3 heteroatoms. The molecule has 0 aromatic heterocycles. The van der Waals surface area contributed by atoms with Gasteiger partial charge in [0, 0.05) is 23.7 Å². The van der Waals surface area contributed by atoms with E-state index in [1.807, 2.05) is 50.2 Å². The summed E-state index contributed by atoms with van der Waals surface area (Å²) in [6, 6.07) is 18.1. The Balaban J connectivity index is 2.49. The Morgan fingerprint density at radius 3 is 1.71 bits per heavy atom. The van der Waals surface area contributed by atoms with Gasteiger partial charge in [-0.3, -0.25) is 9.59 Å². The number of Topliss-reactive ketones (excluding diaryl/α,β-unsaturated/α-hetero) is 2. The van der Waals surface area contributed by atoms with Crippen LogP contribution < -0.4 is 0 Å². The zero-order chi connectivity index (χ0) is 22.9. The van der Waals surface area contributed by atoms with E-state index in [1.165, 1.54) is 26.4 Å². The number of methoxy groups -OCH3 is 1. The number of ether oxygens (including phenoxy) is 1. The van der Waals surface area contributed by atoms with E-state index in [1.54, 1.807) is 24.3 Å². The second-order valence-corrected chi connectivity index (χ2v) is 9.11. The summed E-state index contributed by atoms with van der Waals surface area (Å²) in [7, 11) is 1.50. The predicted molar refractivity (Wildman–Crippen MR) is 128 cm³/mol. The molecule has 1 unspecified atom stereocenters. The third-order valence-electron chi connectivity index (χ3n) is 6.69. The van der Waals surface area contributed by atoms with Crippen molar-refractivity contribution < 1.29 is 14.3 Å². The van der Waals surface area contributed by atoms with E-state index >= 15 is 0 Å². The topological polar surface area (TPSA) is 43.4 Å². The Hall–Kier alpha value is -2.26. The van der Waals surface area contributed by atoms with Gasteiger partial charge < -0.3 is 4.74 Å². The van der Waals surface area contributed by atoms with Crippen molar-refractivity contribution in [2.24, 2.45) is 11.3 Å². The third-order valence-corrected chi connectivity index (χ3v) is 6.69. The molecule has 0 saturated heterocycles. The minimum atomic E-state index is -1.58. The first-order valence-electron chi connectivity index (χ1n) is 11.6. The molecular weight excluding hydrogens is 384 g/mol. The van der Waals surface area contributed by atoms with Gasteiger partial charge in [0.25, 0.3) is 0 Å². The fourth-order valence-electron chi connectivity index (χ4n) is 4.55. The Labute approximate surface area is 188 Å². The molecular formula is C28H38O3. The summed E-state index contributed by atoms with van der Waals surface area (Å²) < 4.78 is 5.98. The van der Waals surface area contributed by atoms with E-state index < -0.39 is 11.0 Å². The van der Waals surface area contributed by atoms with E-state index in [-0.39, 0.29) is 11.6 Å². The van der Waals surface area contributed by atoms with Crippen molar-refractivity contribution in [3.63, 3.8) is 0 Å². The van der Waals surface area contributed by atoms with Gasteiger partial charge in [0.1, 0.15) is 0 Å². The molecule has 2 aromatic rings. The summed E-state index contributed by atoms with van der Waals surface area (Å²) in [6.07, 6.45) is 6.39. The van der Waals surface area contributed by atoms with Gasteiger partial charge in [-0.05, 0) is 18.8 Å². The molecule has 2 aromatic carbocycles. The number of benzene rings is 2. The molecule has 0 radical (unpaired) electrons. The number of unbranched alkanes of at least 4 members (excludes halogenated alkanes) is 1. The molecule has 0 spiro atoms. The first-order chi connectivity index (χ1) is 14.8. The Kier molecular flexibility index (Phi) is 9.18. The van der Waals surface area contributed by atoms with Gasteiger partial charge in [0.05, 0.1) is 0 Å². The molecule has 168 valence electrons. The molecule has 1 atom stereocenters. The first-order valence-corrected chi connectivity index (χ1v) is 11.6.